The highest BCUT2D eigenvalue weighted by atomic mass is 16.5. The minimum absolute atomic E-state index is 0.164. The monoisotopic (exact) mass is 354 g/mol. The minimum Gasteiger partial charge on any atom is -0.384 e. The highest BCUT2D eigenvalue weighted by molar-refractivity contribution is 5.93. The van der Waals surface area contributed by atoms with Crippen LogP contribution in [-0.4, -0.2) is 55.2 Å². The van der Waals surface area contributed by atoms with Gasteiger partial charge in [-0.25, -0.2) is 0 Å². The Morgan fingerprint density at radius 1 is 1.19 bits per heavy atom. The number of aromatic nitrogens is 1. The SMILES string of the molecule is Cc1ccc(CNC(=O)c2cc(NCCN3CCOCC3)ccn2)cc1. The van der Waals surface area contributed by atoms with Gasteiger partial charge in [0.05, 0.1) is 13.2 Å². The summed E-state index contributed by atoms with van der Waals surface area (Å²) in [5, 5.41) is 6.28. The summed E-state index contributed by atoms with van der Waals surface area (Å²) in [6.07, 6.45) is 1.66. The number of amides is 1. The predicted octanol–water partition coefficient (Wildman–Crippen LogP) is 2.06. The number of hydrogen-bond donors (Lipinski definition) is 2. The summed E-state index contributed by atoms with van der Waals surface area (Å²) in [5.41, 5.74) is 3.61. The maximum absolute atomic E-state index is 12.3. The third-order valence-corrected chi connectivity index (χ3v) is 4.43. The molecule has 0 spiro atoms. The van der Waals surface area contributed by atoms with E-state index in [2.05, 4.69) is 20.5 Å². The number of pyridine rings is 1. The maximum atomic E-state index is 12.3. The van der Waals surface area contributed by atoms with Crippen molar-refractivity contribution < 1.29 is 9.53 Å². The van der Waals surface area contributed by atoms with Crippen molar-refractivity contribution in [2.45, 2.75) is 13.5 Å². The molecule has 0 unspecified atom stereocenters. The zero-order valence-corrected chi connectivity index (χ0v) is 15.2. The Balaban J connectivity index is 1.47. The third-order valence-electron chi connectivity index (χ3n) is 4.43. The molecule has 0 atom stereocenters. The number of nitrogens with one attached hydrogen (secondary N) is 2. The lowest BCUT2D eigenvalue weighted by Crippen LogP contribution is -2.39. The molecule has 0 aliphatic carbocycles. The lowest BCUT2D eigenvalue weighted by molar-refractivity contribution is 0.0398. The summed E-state index contributed by atoms with van der Waals surface area (Å²) < 4.78 is 5.35. The second-order valence-corrected chi connectivity index (χ2v) is 6.48. The van der Waals surface area contributed by atoms with Crippen LogP contribution < -0.4 is 10.6 Å². The standard InChI is InChI=1S/C20H26N4O2/c1-16-2-4-17(5-3-16)15-23-20(25)19-14-18(6-7-22-19)21-8-9-24-10-12-26-13-11-24/h2-7,14H,8-13,15H2,1H3,(H,21,22)(H,23,25). The van der Waals surface area contributed by atoms with Crippen LogP contribution in [0.2, 0.25) is 0 Å². The number of benzene rings is 1. The van der Waals surface area contributed by atoms with E-state index in [4.69, 9.17) is 4.74 Å². The van der Waals surface area contributed by atoms with Crippen LogP contribution in [0.1, 0.15) is 21.6 Å². The lowest BCUT2D eigenvalue weighted by Gasteiger charge is -2.26. The van der Waals surface area contributed by atoms with Crippen LogP contribution in [0.5, 0.6) is 0 Å². The fourth-order valence-electron chi connectivity index (χ4n) is 2.83. The molecular weight excluding hydrogens is 328 g/mol. The van der Waals surface area contributed by atoms with Crippen LogP contribution in [0, 0.1) is 6.92 Å². The van der Waals surface area contributed by atoms with E-state index in [0.29, 0.717) is 12.2 Å². The first-order valence-electron chi connectivity index (χ1n) is 9.04. The highest BCUT2D eigenvalue weighted by Crippen LogP contribution is 2.09. The Hall–Kier alpha value is -2.44. The first kappa shape index (κ1) is 18.4. The van der Waals surface area contributed by atoms with Crippen molar-refractivity contribution >= 4 is 11.6 Å². The molecule has 26 heavy (non-hydrogen) atoms. The minimum atomic E-state index is -0.164. The molecule has 1 aromatic heterocycles. The van der Waals surface area contributed by atoms with Crippen LogP contribution in [-0.2, 0) is 11.3 Å². The number of hydrogen-bond acceptors (Lipinski definition) is 5. The van der Waals surface area contributed by atoms with Gasteiger partial charge < -0.3 is 15.4 Å². The van der Waals surface area contributed by atoms with E-state index in [1.54, 1.807) is 12.3 Å². The first-order chi connectivity index (χ1) is 12.7. The zero-order chi connectivity index (χ0) is 18.2. The molecule has 138 valence electrons. The molecule has 2 N–H and O–H groups in total. The van der Waals surface area contributed by atoms with E-state index in [0.717, 1.165) is 50.6 Å². The molecule has 1 fully saturated rings. The third kappa shape index (κ3) is 5.54. The molecule has 1 aliphatic heterocycles. The van der Waals surface area contributed by atoms with Crippen LogP contribution in [0.3, 0.4) is 0 Å². The summed E-state index contributed by atoms with van der Waals surface area (Å²) in [7, 11) is 0. The van der Waals surface area contributed by atoms with Gasteiger partial charge in [-0.2, -0.15) is 0 Å². The second kappa shape index (κ2) is 9.31. The normalized spacial score (nSPS) is 14.8. The largest absolute Gasteiger partial charge is 0.384 e. The molecular formula is C20H26N4O2. The topological polar surface area (TPSA) is 66.5 Å². The molecule has 6 heteroatoms. The van der Waals surface area contributed by atoms with E-state index in [-0.39, 0.29) is 5.91 Å². The van der Waals surface area contributed by atoms with Crippen molar-refractivity contribution in [2.24, 2.45) is 0 Å². The van der Waals surface area contributed by atoms with Crippen LogP contribution in [0.15, 0.2) is 42.6 Å². The molecule has 1 aliphatic rings. The number of aryl methyl sites for hydroxylation is 1. The van der Waals surface area contributed by atoms with Gasteiger partial charge in [-0.05, 0) is 24.6 Å². The van der Waals surface area contributed by atoms with E-state index in [1.165, 1.54) is 5.56 Å². The Morgan fingerprint density at radius 3 is 2.73 bits per heavy atom. The van der Waals surface area contributed by atoms with Crippen molar-refractivity contribution in [1.82, 2.24) is 15.2 Å². The molecule has 1 amide bonds. The van der Waals surface area contributed by atoms with E-state index in [9.17, 15) is 4.79 Å². The smallest absolute Gasteiger partial charge is 0.270 e. The van der Waals surface area contributed by atoms with Gasteiger partial charge in [0.1, 0.15) is 5.69 Å². The lowest BCUT2D eigenvalue weighted by atomic mass is 10.1. The Labute approximate surface area is 154 Å². The van der Waals surface area contributed by atoms with Crippen molar-refractivity contribution in [2.75, 3.05) is 44.7 Å². The van der Waals surface area contributed by atoms with E-state index >= 15 is 0 Å². The van der Waals surface area contributed by atoms with Crippen LogP contribution >= 0.6 is 0 Å². The molecule has 0 radical (unpaired) electrons. The van der Waals surface area contributed by atoms with Gasteiger partial charge >= 0.3 is 0 Å². The number of carbonyl (C=O) groups is 1. The molecule has 1 aromatic carbocycles. The highest BCUT2D eigenvalue weighted by Gasteiger charge is 2.10. The van der Waals surface area contributed by atoms with E-state index in [1.807, 2.05) is 37.3 Å². The Bertz CT molecular complexity index is 712. The summed E-state index contributed by atoms with van der Waals surface area (Å²) in [6.45, 7) is 7.89. The van der Waals surface area contributed by atoms with Gasteiger partial charge in [0.15, 0.2) is 0 Å². The first-order valence-corrected chi connectivity index (χ1v) is 9.04. The second-order valence-electron chi connectivity index (χ2n) is 6.48. The number of morpholine rings is 1. The molecule has 3 rings (SSSR count). The van der Waals surface area contributed by atoms with Crippen molar-refractivity contribution in [1.29, 1.82) is 0 Å². The van der Waals surface area contributed by atoms with Gasteiger partial charge in [0.2, 0.25) is 0 Å². The average molecular weight is 354 g/mol. The molecule has 6 nitrogen and oxygen atoms in total. The number of ether oxygens (including phenoxy) is 1. The summed E-state index contributed by atoms with van der Waals surface area (Å²) >= 11 is 0. The van der Waals surface area contributed by atoms with Crippen molar-refractivity contribution in [3.05, 3.63) is 59.4 Å². The predicted molar refractivity (Wildman–Crippen MR) is 102 cm³/mol. The Kier molecular flexibility index (Phi) is 6.57. The van der Waals surface area contributed by atoms with Crippen LogP contribution in [0.4, 0.5) is 5.69 Å². The quantitative estimate of drug-likeness (QED) is 0.797. The van der Waals surface area contributed by atoms with Gasteiger partial charge in [0.25, 0.3) is 5.91 Å². The van der Waals surface area contributed by atoms with Gasteiger partial charge in [-0.3, -0.25) is 14.7 Å². The number of carbonyl (C=O) groups excluding carboxylic acids is 1. The van der Waals surface area contributed by atoms with Crippen molar-refractivity contribution in [3.63, 3.8) is 0 Å². The average Bonchev–Trinajstić information content (AvgIpc) is 2.68. The summed E-state index contributed by atoms with van der Waals surface area (Å²) in [4.78, 5) is 18.9. The molecule has 1 saturated heterocycles. The Morgan fingerprint density at radius 2 is 1.96 bits per heavy atom. The van der Waals surface area contributed by atoms with Crippen molar-refractivity contribution in [3.8, 4) is 0 Å². The van der Waals surface area contributed by atoms with Gasteiger partial charge in [-0.1, -0.05) is 29.8 Å². The van der Waals surface area contributed by atoms with Gasteiger partial charge in [0, 0.05) is 44.6 Å². The number of rotatable bonds is 7. The fraction of sp³-hybridized carbons (Fsp3) is 0.400. The number of anilines is 1. The van der Waals surface area contributed by atoms with Crippen LogP contribution in [0.25, 0.3) is 0 Å². The fourth-order valence-corrected chi connectivity index (χ4v) is 2.83. The maximum Gasteiger partial charge on any atom is 0.270 e. The van der Waals surface area contributed by atoms with E-state index < -0.39 is 0 Å². The molecule has 0 saturated carbocycles. The molecule has 2 heterocycles. The molecule has 2 aromatic rings. The summed E-state index contributed by atoms with van der Waals surface area (Å²) in [6, 6.07) is 11.8. The van der Waals surface area contributed by atoms with Gasteiger partial charge in [-0.15, -0.1) is 0 Å². The number of nitrogens with zero attached hydrogens (tertiary/aromatic N) is 2. The zero-order valence-electron chi connectivity index (χ0n) is 15.2. The summed E-state index contributed by atoms with van der Waals surface area (Å²) in [5.74, 6) is -0.164. The molecule has 0 bridgehead atoms.